The van der Waals surface area contributed by atoms with Gasteiger partial charge in [0, 0.05) is 12.7 Å². The average Bonchev–Trinajstić information content (AvgIpc) is 1.81. The molecular weight excluding hydrogens is 152 g/mol. The highest BCUT2D eigenvalue weighted by Gasteiger charge is 2.12. The summed E-state index contributed by atoms with van der Waals surface area (Å²) in [4.78, 5) is 20.8. The summed E-state index contributed by atoms with van der Waals surface area (Å²) in [6, 6.07) is -0.652. The van der Waals surface area contributed by atoms with E-state index in [2.05, 4.69) is 17.9 Å². The minimum absolute atomic E-state index is 0.231. The van der Waals surface area contributed by atoms with E-state index in [1.807, 2.05) is 0 Å². The summed E-state index contributed by atoms with van der Waals surface area (Å²) < 4.78 is 0. The van der Waals surface area contributed by atoms with Crippen molar-refractivity contribution in [3.63, 3.8) is 0 Å². The van der Waals surface area contributed by atoms with Crippen LogP contribution >= 0.6 is 12.6 Å². The molecule has 0 aromatic carbocycles. The monoisotopic (exact) mass is 162 g/mol. The van der Waals surface area contributed by atoms with Gasteiger partial charge in [-0.2, -0.15) is 12.6 Å². The molecule has 2 amide bonds. The van der Waals surface area contributed by atoms with Crippen molar-refractivity contribution in [1.29, 1.82) is 0 Å². The van der Waals surface area contributed by atoms with Gasteiger partial charge in [0.2, 0.25) is 11.8 Å². The van der Waals surface area contributed by atoms with Crippen LogP contribution in [0.2, 0.25) is 0 Å². The molecule has 0 aliphatic carbocycles. The van der Waals surface area contributed by atoms with Crippen LogP contribution < -0.4 is 11.1 Å². The molecule has 0 bridgehead atoms. The van der Waals surface area contributed by atoms with Gasteiger partial charge in [-0.05, 0) is 0 Å². The van der Waals surface area contributed by atoms with Crippen molar-refractivity contribution >= 4 is 24.4 Å². The van der Waals surface area contributed by atoms with Crippen LogP contribution in [0.3, 0.4) is 0 Å². The van der Waals surface area contributed by atoms with Crippen LogP contribution in [0.5, 0.6) is 0 Å². The number of hydrogen-bond acceptors (Lipinski definition) is 3. The lowest BCUT2D eigenvalue weighted by molar-refractivity contribution is -0.125. The minimum Gasteiger partial charge on any atom is -0.368 e. The first-order chi connectivity index (χ1) is 4.57. The van der Waals surface area contributed by atoms with Crippen molar-refractivity contribution in [3.05, 3.63) is 0 Å². The Kier molecular flexibility index (Phi) is 3.87. The van der Waals surface area contributed by atoms with Crippen LogP contribution in [0.15, 0.2) is 0 Å². The number of primary amides is 1. The summed E-state index contributed by atoms with van der Waals surface area (Å²) >= 11 is 3.81. The summed E-state index contributed by atoms with van der Waals surface area (Å²) in [5.74, 6) is -0.613. The summed E-state index contributed by atoms with van der Waals surface area (Å²) in [5.41, 5.74) is 4.89. The van der Waals surface area contributed by atoms with E-state index in [9.17, 15) is 9.59 Å². The standard InChI is InChI=1S/C5H10N2O2S/c1-3(8)7-4(2-10)5(6)9/h4,10H,2H2,1H3,(H2,6,9)(H,7,8)/t4-/m0/s1. The molecule has 10 heavy (non-hydrogen) atoms. The van der Waals surface area contributed by atoms with Crippen LogP contribution in [-0.2, 0) is 9.59 Å². The van der Waals surface area contributed by atoms with Gasteiger partial charge in [0.15, 0.2) is 0 Å². The molecule has 0 rings (SSSR count). The van der Waals surface area contributed by atoms with E-state index in [-0.39, 0.29) is 11.7 Å². The third-order valence-corrected chi connectivity index (χ3v) is 1.27. The van der Waals surface area contributed by atoms with Crippen molar-refractivity contribution in [2.75, 3.05) is 5.75 Å². The molecule has 0 spiro atoms. The zero-order valence-electron chi connectivity index (χ0n) is 5.63. The Morgan fingerprint density at radius 2 is 2.20 bits per heavy atom. The fourth-order valence-corrected chi connectivity index (χ4v) is 0.723. The summed E-state index contributed by atoms with van der Waals surface area (Å²) in [5, 5.41) is 2.34. The van der Waals surface area contributed by atoms with E-state index in [1.54, 1.807) is 0 Å². The molecule has 58 valence electrons. The molecule has 0 aliphatic rings. The lowest BCUT2D eigenvalue weighted by atomic mass is 10.3. The van der Waals surface area contributed by atoms with E-state index >= 15 is 0 Å². The summed E-state index contributed by atoms with van der Waals surface area (Å²) in [6.07, 6.45) is 0. The highest BCUT2D eigenvalue weighted by molar-refractivity contribution is 7.80. The second-order valence-corrected chi connectivity index (χ2v) is 2.20. The van der Waals surface area contributed by atoms with Crippen LogP contribution in [0.25, 0.3) is 0 Å². The third kappa shape index (κ3) is 3.34. The predicted octanol–water partition coefficient (Wildman–Crippen LogP) is -1.09. The molecule has 0 saturated heterocycles. The number of carbonyl (C=O) groups excluding carboxylic acids is 2. The highest BCUT2D eigenvalue weighted by atomic mass is 32.1. The topological polar surface area (TPSA) is 72.2 Å². The zero-order valence-corrected chi connectivity index (χ0v) is 6.52. The Morgan fingerprint density at radius 1 is 1.70 bits per heavy atom. The van der Waals surface area contributed by atoms with E-state index in [0.717, 1.165) is 0 Å². The maximum absolute atomic E-state index is 10.4. The van der Waals surface area contributed by atoms with Crippen molar-refractivity contribution in [1.82, 2.24) is 5.32 Å². The molecule has 4 nitrogen and oxygen atoms in total. The van der Waals surface area contributed by atoms with Gasteiger partial charge in [0.05, 0.1) is 0 Å². The molecule has 1 atom stereocenters. The zero-order chi connectivity index (χ0) is 8.15. The van der Waals surface area contributed by atoms with Gasteiger partial charge >= 0.3 is 0 Å². The second-order valence-electron chi connectivity index (χ2n) is 1.84. The van der Waals surface area contributed by atoms with Crippen LogP contribution in [-0.4, -0.2) is 23.6 Å². The SMILES string of the molecule is CC(=O)N[C@@H](CS)C(N)=O. The molecule has 5 heteroatoms. The predicted molar refractivity (Wildman–Crippen MR) is 40.7 cm³/mol. The van der Waals surface area contributed by atoms with Crippen LogP contribution in [0.1, 0.15) is 6.92 Å². The Bertz CT molecular complexity index is 149. The molecular formula is C5H10N2O2S. The molecule has 0 radical (unpaired) electrons. The van der Waals surface area contributed by atoms with Gasteiger partial charge in [0.25, 0.3) is 0 Å². The molecule has 0 aromatic rings. The molecule has 3 N–H and O–H groups in total. The number of hydrogen-bond donors (Lipinski definition) is 3. The number of rotatable bonds is 3. The minimum atomic E-state index is -0.652. The molecule has 0 unspecified atom stereocenters. The fourth-order valence-electron chi connectivity index (χ4n) is 0.452. The molecule has 0 fully saturated rings. The number of thiol groups is 1. The Balaban J connectivity index is 3.83. The van der Waals surface area contributed by atoms with Gasteiger partial charge in [-0.1, -0.05) is 0 Å². The summed E-state index contributed by atoms with van der Waals surface area (Å²) in [7, 11) is 0. The van der Waals surface area contributed by atoms with Crippen molar-refractivity contribution < 1.29 is 9.59 Å². The maximum Gasteiger partial charge on any atom is 0.240 e. The quantitative estimate of drug-likeness (QED) is 0.461. The van der Waals surface area contributed by atoms with E-state index in [4.69, 9.17) is 5.73 Å². The van der Waals surface area contributed by atoms with Gasteiger partial charge in [-0.15, -0.1) is 0 Å². The van der Waals surface area contributed by atoms with Crippen molar-refractivity contribution in [2.45, 2.75) is 13.0 Å². The molecule has 0 heterocycles. The first kappa shape index (κ1) is 9.29. The van der Waals surface area contributed by atoms with Crippen molar-refractivity contribution in [2.24, 2.45) is 5.73 Å². The lowest BCUT2D eigenvalue weighted by Gasteiger charge is -2.09. The van der Waals surface area contributed by atoms with Gasteiger partial charge in [0.1, 0.15) is 6.04 Å². The van der Waals surface area contributed by atoms with Gasteiger partial charge < -0.3 is 11.1 Å². The molecule has 0 aromatic heterocycles. The molecule has 0 aliphatic heterocycles. The normalized spacial score (nSPS) is 12.2. The lowest BCUT2D eigenvalue weighted by Crippen LogP contribution is -2.44. The number of amides is 2. The van der Waals surface area contributed by atoms with Crippen LogP contribution in [0, 0.1) is 0 Å². The second kappa shape index (κ2) is 4.16. The smallest absolute Gasteiger partial charge is 0.240 e. The first-order valence-electron chi connectivity index (χ1n) is 2.75. The van der Waals surface area contributed by atoms with E-state index in [1.165, 1.54) is 6.92 Å². The number of nitrogens with one attached hydrogen (secondary N) is 1. The van der Waals surface area contributed by atoms with E-state index < -0.39 is 11.9 Å². The first-order valence-corrected chi connectivity index (χ1v) is 3.38. The van der Waals surface area contributed by atoms with Gasteiger partial charge in [-0.25, -0.2) is 0 Å². The summed E-state index contributed by atoms with van der Waals surface area (Å²) in [6.45, 7) is 1.32. The third-order valence-electron chi connectivity index (χ3n) is 0.904. The Morgan fingerprint density at radius 3 is 2.30 bits per heavy atom. The maximum atomic E-state index is 10.4. The molecule has 0 saturated carbocycles. The fraction of sp³-hybridized carbons (Fsp3) is 0.600. The van der Waals surface area contributed by atoms with E-state index in [0.29, 0.717) is 0 Å². The average molecular weight is 162 g/mol. The van der Waals surface area contributed by atoms with Crippen LogP contribution in [0.4, 0.5) is 0 Å². The van der Waals surface area contributed by atoms with Crippen molar-refractivity contribution in [3.8, 4) is 0 Å². The highest BCUT2D eigenvalue weighted by Crippen LogP contribution is 1.85. The number of nitrogens with two attached hydrogens (primary N) is 1. The Hall–Kier alpha value is -0.710. The Labute approximate surface area is 64.6 Å². The van der Waals surface area contributed by atoms with Gasteiger partial charge in [-0.3, -0.25) is 9.59 Å². The number of carbonyl (C=O) groups is 2. The largest absolute Gasteiger partial charge is 0.368 e.